The van der Waals surface area contributed by atoms with Crippen molar-refractivity contribution in [2.24, 2.45) is 0 Å². The van der Waals surface area contributed by atoms with E-state index in [1.165, 1.54) is 29.5 Å². The van der Waals surface area contributed by atoms with E-state index in [2.05, 4.69) is 17.1 Å². The number of amides is 1. The minimum Gasteiger partial charge on any atom is -0.365 e. The summed E-state index contributed by atoms with van der Waals surface area (Å²) in [4.78, 5) is 17.8. The molecule has 5 heteroatoms. The first-order chi connectivity index (χ1) is 11.2. The van der Waals surface area contributed by atoms with Gasteiger partial charge in [-0.1, -0.05) is 24.3 Å². The fourth-order valence-electron chi connectivity index (χ4n) is 3.55. The minimum absolute atomic E-state index is 0.0985. The van der Waals surface area contributed by atoms with Crippen molar-refractivity contribution in [3.63, 3.8) is 0 Å². The molecule has 2 aromatic rings. The van der Waals surface area contributed by atoms with E-state index in [-0.39, 0.29) is 11.5 Å². The molecule has 0 N–H and O–H groups in total. The standard InChI is InChI=1S/C18H17FN2O2/c19-16-6-5-13(11-20-16)17(22)21-9-7-18(8-10-21)15-4-2-1-3-14(15)12-23-18/h1-6,11H,7-10,12H2. The second-order valence-corrected chi connectivity index (χ2v) is 6.10. The second-order valence-electron chi connectivity index (χ2n) is 6.10. The Morgan fingerprint density at radius 1 is 1.17 bits per heavy atom. The molecule has 23 heavy (non-hydrogen) atoms. The third-order valence-corrected chi connectivity index (χ3v) is 4.84. The zero-order valence-corrected chi connectivity index (χ0v) is 12.7. The predicted molar refractivity (Wildman–Crippen MR) is 82.2 cm³/mol. The van der Waals surface area contributed by atoms with E-state index in [4.69, 9.17) is 4.74 Å². The maximum absolute atomic E-state index is 12.9. The van der Waals surface area contributed by atoms with Gasteiger partial charge in [0.05, 0.1) is 17.8 Å². The average molecular weight is 312 g/mol. The van der Waals surface area contributed by atoms with E-state index >= 15 is 0 Å². The lowest BCUT2D eigenvalue weighted by Gasteiger charge is -2.39. The summed E-state index contributed by atoms with van der Waals surface area (Å²) in [5.74, 6) is -0.672. The molecule has 2 aliphatic rings. The van der Waals surface area contributed by atoms with E-state index < -0.39 is 5.95 Å². The Hall–Kier alpha value is -2.27. The first-order valence-corrected chi connectivity index (χ1v) is 7.81. The van der Waals surface area contributed by atoms with Gasteiger partial charge in [-0.2, -0.15) is 4.39 Å². The van der Waals surface area contributed by atoms with Crippen LogP contribution in [0, 0.1) is 5.95 Å². The number of hydrogen-bond donors (Lipinski definition) is 0. The first kappa shape index (κ1) is 14.3. The molecule has 1 aromatic carbocycles. The minimum atomic E-state index is -0.574. The van der Waals surface area contributed by atoms with Crippen molar-refractivity contribution >= 4 is 5.91 Å². The van der Waals surface area contributed by atoms with Crippen LogP contribution < -0.4 is 0 Å². The van der Waals surface area contributed by atoms with Gasteiger partial charge < -0.3 is 9.64 Å². The van der Waals surface area contributed by atoms with Crippen molar-refractivity contribution < 1.29 is 13.9 Å². The Morgan fingerprint density at radius 3 is 2.70 bits per heavy atom. The molecule has 2 aliphatic heterocycles. The molecule has 0 radical (unpaired) electrons. The number of benzene rings is 1. The van der Waals surface area contributed by atoms with Gasteiger partial charge in [0.25, 0.3) is 5.91 Å². The second kappa shape index (κ2) is 5.42. The summed E-state index contributed by atoms with van der Waals surface area (Å²) in [5.41, 5.74) is 2.68. The Balaban J connectivity index is 1.50. The molecule has 4 nitrogen and oxygen atoms in total. The number of aromatic nitrogens is 1. The number of piperidine rings is 1. The molecule has 0 unspecified atom stereocenters. The monoisotopic (exact) mass is 312 g/mol. The van der Waals surface area contributed by atoms with Crippen LogP contribution >= 0.6 is 0 Å². The largest absolute Gasteiger partial charge is 0.365 e. The first-order valence-electron chi connectivity index (χ1n) is 7.81. The topological polar surface area (TPSA) is 42.4 Å². The van der Waals surface area contributed by atoms with Crippen LogP contribution in [-0.2, 0) is 16.9 Å². The molecule has 1 spiro atoms. The number of rotatable bonds is 1. The Bertz CT molecular complexity index is 737. The van der Waals surface area contributed by atoms with Crippen LogP contribution in [0.4, 0.5) is 4.39 Å². The van der Waals surface area contributed by atoms with E-state index in [9.17, 15) is 9.18 Å². The third kappa shape index (κ3) is 2.41. The lowest BCUT2D eigenvalue weighted by Crippen LogP contribution is -2.45. The van der Waals surface area contributed by atoms with Crippen LogP contribution in [0.25, 0.3) is 0 Å². The quantitative estimate of drug-likeness (QED) is 0.760. The number of fused-ring (bicyclic) bond motifs is 2. The van der Waals surface area contributed by atoms with E-state index in [0.29, 0.717) is 25.3 Å². The number of ether oxygens (including phenoxy) is 1. The summed E-state index contributed by atoms with van der Waals surface area (Å²) in [5, 5.41) is 0. The van der Waals surface area contributed by atoms with Crippen LogP contribution in [0.15, 0.2) is 42.6 Å². The number of halogens is 1. The van der Waals surface area contributed by atoms with Gasteiger partial charge in [-0.25, -0.2) is 4.98 Å². The summed E-state index contributed by atoms with van der Waals surface area (Å²) in [6, 6.07) is 11.0. The summed E-state index contributed by atoms with van der Waals surface area (Å²) in [7, 11) is 0. The van der Waals surface area contributed by atoms with Gasteiger partial charge in [-0.3, -0.25) is 4.79 Å². The Morgan fingerprint density at radius 2 is 1.96 bits per heavy atom. The van der Waals surface area contributed by atoms with Gasteiger partial charge in [0.1, 0.15) is 0 Å². The van der Waals surface area contributed by atoms with Crippen LogP contribution in [0.3, 0.4) is 0 Å². The van der Waals surface area contributed by atoms with Crippen LogP contribution in [-0.4, -0.2) is 28.9 Å². The van der Waals surface area contributed by atoms with Gasteiger partial charge in [-0.05, 0) is 36.1 Å². The normalized spacial score (nSPS) is 18.9. The Labute approximate surface area is 133 Å². The summed E-state index contributed by atoms with van der Waals surface area (Å²) in [6.07, 6.45) is 2.86. The summed E-state index contributed by atoms with van der Waals surface area (Å²) < 4.78 is 19.0. The van der Waals surface area contributed by atoms with Crippen LogP contribution in [0.2, 0.25) is 0 Å². The highest BCUT2D eigenvalue weighted by atomic mass is 19.1. The van der Waals surface area contributed by atoms with Crippen molar-refractivity contribution in [1.29, 1.82) is 0 Å². The number of carbonyl (C=O) groups excluding carboxylic acids is 1. The van der Waals surface area contributed by atoms with Crippen molar-refractivity contribution in [2.45, 2.75) is 25.0 Å². The number of carbonyl (C=O) groups is 1. The number of likely N-dealkylation sites (tertiary alicyclic amines) is 1. The smallest absolute Gasteiger partial charge is 0.255 e. The average Bonchev–Trinajstić information content (AvgIpc) is 2.95. The van der Waals surface area contributed by atoms with Crippen LogP contribution in [0.5, 0.6) is 0 Å². The lowest BCUT2D eigenvalue weighted by atomic mass is 9.83. The molecule has 0 bridgehead atoms. The van der Waals surface area contributed by atoms with Crippen LogP contribution in [0.1, 0.15) is 34.3 Å². The molecule has 0 saturated carbocycles. The maximum atomic E-state index is 12.9. The zero-order chi connectivity index (χ0) is 15.9. The molecule has 1 amide bonds. The molecule has 1 saturated heterocycles. The fourth-order valence-corrected chi connectivity index (χ4v) is 3.55. The van der Waals surface area contributed by atoms with Crippen molar-refractivity contribution in [1.82, 2.24) is 9.88 Å². The molecule has 1 aromatic heterocycles. The lowest BCUT2D eigenvalue weighted by molar-refractivity contribution is -0.0741. The molecule has 0 atom stereocenters. The molecule has 0 aliphatic carbocycles. The van der Waals surface area contributed by atoms with Gasteiger partial charge in [-0.15, -0.1) is 0 Å². The molecular weight excluding hydrogens is 295 g/mol. The van der Waals surface area contributed by atoms with E-state index in [1.807, 2.05) is 12.1 Å². The highest BCUT2D eigenvalue weighted by Crippen LogP contribution is 2.44. The number of pyridine rings is 1. The third-order valence-electron chi connectivity index (χ3n) is 4.84. The maximum Gasteiger partial charge on any atom is 0.255 e. The van der Waals surface area contributed by atoms with Crippen molar-refractivity contribution in [3.8, 4) is 0 Å². The van der Waals surface area contributed by atoms with E-state index in [1.54, 1.807) is 4.90 Å². The molecule has 3 heterocycles. The highest BCUT2D eigenvalue weighted by molar-refractivity contribution is 5.93. The van der Waals surface area contributed by atoms with Crippen molar-refractivity contribution in [2.75, 3.05) is 13.1 Å². The van der Waals surface area contributed by atoms with Gasteiger partial charge >= 0.3 is 0 Å². The summed E-state index contributed by atoms with van der Waals surface area (Å²) in [6.45, 7) is 1.90. The van der Waals surface area contributed by atoms with Gasteiger partial charge in [0.15, 0.2) is 0 Å². The van der Waals surface area contributed by atoms with E-state index in [0.717, 1.165) is 12.8 Å². The van der Waals surface area contributed by atoms with Gasteiger partial charge in [0.2, 0.25) is 5.95 Å². The highest BCUT2D eigenvalue weighted by Gasteiger charge is 2.43. The zero-order valence-electron chi connectivity index (χ0n) is 12.7. The molecule has 118 valence electrons. The predicted octanol–water partition coefficient (Wildman–Crippen LogP) is 2.88. The fraction of sp³-hybridized carbons (Fsp3) is 0.333. The SMILES string of the molecule is O=C(c1ccc(F)nc1)N1CCC2(CC1)OCc1ccccc12. The molecular formula is C18H17FN2O2. The molecule has 1 fully saturated rings. The van der Waals surface area contributed by atoms with Crippen molar-refractivity contribution in [3.05, 3.63) is 65.2 Å². The van der Waals surface area contributed by atoms with Gasteiger partial charge in [0, 0.05) is 19.3 Å². The Kier molecular flexibility index (Phi) is 3.38. The number of nitrogens with zero attached hydrogens (tertiary/aromatic N) is 2. The molecule has 4 rings (SSSR count). The number of hydrogen-bond acceptors (Lipinski definition) is 3. The summed E-state index contributed by atoms with van der Waals surface area (Å²) >= 11 is 0.